The molecule has 5 aromatic rings. The molecule has 0 unspecified atom stereocenters. The molecule has 1 aromatic carbocycles. The zero-order valence-electron chi connectivity index (χ0n) is 21.1. The molecule has 5 heterocycles. The number of carbonyl (C=O) groups is 2. The first-order valence-corrected chi connectivity index (χ1v) is 14.0. The molecule has 6 rings (SSSR count). The SMILES string of the molecule is CN1CCN(C(=O)c2ccn3c(-c4cnc(Nc5ccc(C(=O)Nc6ccccc6N)s5)s4)cnc3c2)CC1. The maximum Gasteiger partial charge on any atom is 0.265 e. The fourth-order valence-corrected chi connectivity index (χ4v) is 6.07. The molecule has 39 heavy (non-hydrogen) atoms. The predicted molar refractivity (Wildman–Crippen MR) is 156 cm³/mol. The number of hydrogen-bond acceptors (Lipinski definition) is 9. The van der Waals surface area contributed by atoms with Gasteiger partial charge in [0, 0.05) is 44.1 Å². The lowest BCUT2D eigenvalue weighted by Gasteiger charge is -2.32. The Morgan fingerprint density at radius 1 is 0.974 bits per heavy atom. The second kappa shape index (κ2) is 10.5. The summed E-state index contributed by atoms with van der Waals surface area (Å²) in [6.07, 6.45) is 5.47. The van der Waals surface area contributed by atoms with E-state index in [1.807, 2.05) is 45.8 Å². The molecule has 1 aliphatic heterocycles. The van der Waals surface area contributed by atoms with E-state index in [1.165, 1.54) is 22.7 Å². The first-order valence-electron chi connectivity index (χ1n) is 12.4. The van der Waals surface area contributed by atoms with Gasteiger partial charge >= 0.3 is 0 Å². The van der Waals surface area contributed by atoms with Crippen LogP contribution in [0.5, 0.6) is 0 Å². The Bertz CT molecular complexity index is 1670. The molecule has 1 fully saturated rings. The zero-order chi connectivity index (χ0) is 26.9. The third-order valence-electron chi connectivity index (χ3n) is 6.58. The molecule has 4 N–H and O–H groups in total. The minimum Gasteiger partial charge on any atom is -0.397 e. The van der Waals surface area contributed by atoms with Crippen molar-refractivity contribution in [1.82, 2.24) is 24.2 Å². The van der Waals surface area contributed by atoms with E-state index < -0.39 is 0 Å². The summed E-state index contributed by atoms with van der Waals surface area (Å²) in [4.78, 5) is 40.3. The molecule has 0 radical (unpaired) electrons. The summed E-state index contributed by atoms with van der Waals surface area (Å²) in [5.74, 6) is -0.183. The number of thiazole rings is 1. The van der Waals surface area contributed by atoms with Gasteiger partial charge < -0.3 is 26.2 Å². The first-order chi connectivity index (χ1) is 18.9. The number of nitrogens with two attached hydrogens (primary N) is 1. The monoisotopic (exact) mass is 558 g/mol. The number of fused-ring (bicyclic) bond motifs is 1. The lowest BCUT2D eigenvalue weighted by Crippen LogP contribution is -2.47. The van der Waals surface area contributed by atoms with Gasteiger partial charge in [-0.1, -0.05) is 23.5 Å². The minimum atomic E-state index is -0.220. The number of carbonyl (C=O) groups excluding carboxylic acids is 2. The van der Waals surface area contributed by atoms with Crippen molar-refractivity contribution in [2.75, 3.05) is 49.6 Å². The van der Waals surface area contributed by atoms with E-state index in [2.05, 4.69) is 32.5 Å². The molecule has 1 aliphatic rings. The number of piperazine rings is 1. The van der Waals surface area contributed by atoms with Crippen molar-refractivity contribution in [1.29, 1.82) is 0 Å². The van der Waals surface area contributed by atoms with E-state index in [0.29, 0.717) is 32.6 Å². The van der Waals surface area contributed by atoms with Gasteiger partial charge in [-0.3, -0.25) is 14.0 Å². The zero-order valence-corrected chi connectivity index (χ0v) is 22.8. The minimum absolute atomic E-state index is 0.0376. The molecule has 0 bridgehead atoms. The number of nitrogens with one attached hydrogen (secondary N) is 2. The van der Waals surface area contributed by atoms with Crippen LogP contribution in [-0.4, -0.2) is 69.2 Å². The van der Waals surface area contributed by atoms with E-state index in [9.17, 15) is 9.59 Å². The summed E-state index contributed by atoms with van der Waals surface area (Å²) >= 11 is 2.82. The van der Waals surface area contributed by atoms with Gasteiger partial charge in [0.15, 0.2) is 5.13 Å². The maximum absolute atomic E-state index is 13.0. The van der Waals surface area contributed by atoms with Crippen LogP contribution in [-0.2, 0) is 0 Å². The van der Waals surface area contributed by atoms with Crippen LogP contribution < -0.4 is 16.4 Å². The van der Waals surface area contributed by atoms with Crippen molar-refractivity contribution in [2.45, 2.75) is 0 Å². The van der Waals surface area contributed by atoms with Crippen molar-refractivity contribution < 1.29 is 9.59 Å². The number of nitrogens with zero attached hydrogens (tertiary/aromatic N) is 5. The predicted octanol–water partition coefficient (Wildman–Crippen LogP) is 4.49. The lowest BCUT2D eigenvalue weighted by molar-refractivity contribution is 0.0664. The highest BCUT2D eigenvalue weighted by atomic mass is 32.1. The number of rotatable bonds is 6. The number of aromatic nitrogens is 3. The quantitative estimate of drug-likeness (QED) is 0.263. The van der Waals surface area contributed by atoms with E-state index in [0.717, 1.165) is 41.8 Å². The fraction of sp³-hybridized carbons (Fsp3) is 0.185. The summed E-state index contributed by atoms with van der Waals surface area (Å²) in [5.41, 5.74) is 9.27. The molecule has 4 aromatic heterocycles. The van der Waals surface area contributed by atoms with Crippen LogP contribution in [0.4, 0.5) is 21.5 Å². The molecule has 1 saturated heterocycles. The molecular formula is C27H26N8O2S2. The molecule has 12 heteroatoms. The molecule has 0 aliphatic carbocycles. The van der Waals surface area contributed by atoms with Gasteiger partial charge in [-0.25, -0.2) is 9.97 Å². The standard InChI is InChI=1S/C27H26N8O2S2/c1-33-10-12-34(13-11-33)26(37)17-8-9-35-20(15-29-23(35)14-17)22-16-30-27(39-22)32-24-7-6-21(38-24)25(36)31-19-5-3-2-4-18(19)28/h2-9,14-16H,10-13,28H2,1H3,(H,30,32)(H,31,36). The van der Waals surface area contributed by atoms with Crippen molar-refractivity contribution in [2.24, 2.45) is 0 Å². The number of amides is 2. The second-order valence-corrected chi connectivity index (χ2v) is 11.4. The summed E-state index contributed by atoms with van der Waals surface area (Å²) in [7, 11) is 2.07. The Kier molecular flexibility index (Phi) is 6.73. The molecule has 198 valence electrons. The molecule has 0 saturated carbocycles. The number of imidazole rings is 1. The van der Waals surface area contributed by atoms with Crippen LogP contribution in [0.3, 0.4) is 0 Å². The first kappa shape index (κ1) is 25.0. The van der Waals surface area contributed by atoms with Crippen molar-refractivity contribution >= 4 is 61.6 Å². The highest BCUT2D eigenvalue weighted by Crippen LogP contribution is 2.33. The van der Waals surface area contributed by atoms with Crippen molar-refractivity contribution in [3.8, 4) is 10.6 Å². The molecule has 0 spiro atoms. The maximum atomic E-state index is 13.0. The second-order valence-electron chi connectivity index (χ2n) is 9.24. The summed E-state index contributed by atoms with van der Waals surface area (Å²) in [6, 6.07) is 14.5. The Labute approximate surface area is 232 Å². The smallest absolute Gasteiger partial charge is 0.265 e. The largest absolute Gasteiger partial charge is 0.397 e. The third kappa shape index (κ3) is 5.21. The average molecular weight is 559 g/mol. The number of benzene rings is 1. The van der Waals surface area contributed by atoms with Crippen LogP contribution in [0.15, 0.2) is 67.1 Å². The number of hydrogen-bond donors (Lipinski definition) is 3. The van der Waals surface area contributed by atoms with E-state index in [1.54, 1.807) is 30.6 Å². The van der Waals surface area contributed by atoms with Gasteiger partial charge in [0.25, 0.3) is 11.8 Å². The molecule has 0 atom stereocenters. The van der Waals surface area contributed by atoms with Crippen LogP contribution in [0.1, 0.15) is 20.0 Å². The van der Waals surface area contributed by atoms with Gasteiger partial charge in [-0.15, -0.1) is 11.3 Å². The third-order valence-corrected chi connectivity index (χ3v) is 8.51. The summed E-state index contributed by atoms with van der Waals surface area (Å²) < 4.78 is 1.96. The van der Waals surface area contributed by atoms with Crippen molar-refractivity contribution in [3.05, 3.63) is 77.6 Å². The highest BCUT2D eigenvalue weighted by molar-refractivity contribution is 7.20. The fourth-order valence-electron chi connectivity index (χ4n) is 4.37. The number of pyridine rings is 1. The van der Waals surface area contributed by atoms with Gasteiger partial charge in [-0.05, 0) is 43.4 Å². The van der Waals surface area contributed by atoms with E-state index in [-0.39, 0.29) is 11.8 Å². The molecular weight excluding hydrogens is 532 g/mol. The van der Waals surface area contributed by atoms with Gasteiger partial charge in [-0.2, -0.15) is 0 Å². The van der Waals surface area contributed by atoms with Gasteiger partial charge in [0.2, 0.25) is 0 Å². The average Bonchev–Trinajstić information content (AvgIpc) is 3.70. The molecule has 10 nitrogen and oxygen atoms in total. The highest BCUT2D eigenvalue weighted by Gasteiger charge is 2.21. The van der Waals surface area contributed by atoms with Crippen LogP contribution in [0.2, 0.25) is 0 Å². The van der Waals surface area contributed by atoms with E-state index in [4.69, 9.17) is 5.73 Å². The number of nitrogen functional groups attached to an aromatic ring is 1. The number of likely N-dealkylation sites (N-methyl/N-ethyl adjacent to an activating group) is 1. The van der Waals surface area contributed by atoms with Crippen molar-refractivity contribution in [3.63, 3.8) is 0 Å². The van der Waals surface area contributed by atoms with Crippen LogP contribution >= 0.6 is 22.7 Å². The summed E-state index contributed by atoms with van der Waals surface area (Å²) in [6.45, 7) is 3.22. The Balaban J connectivity index is 1.14. The van der Waals surface area contributed by atoms with Gasteiger partial charge in [0.05, 0.1) is 38.0 Å². The normalized spacial score (nSPS) is 14.0. The Morgan fingerprint density at radius 2 is 1.79 bits per heavy atom. The topological polar surface area (TPSA) is 121 Å². The van der Waals surface area contributed by atoms with Crippen LogP contribution in [0, 0.1) is 0 Å². The molecule has 2 amide bonds. The van der Waals surface area contributed by atoms with E-state index >= 15 is 0 Å². The number of thiophene rings is 1. The Morgan fingerprint density at radius 3 is 2.62 bits per heavy atom. The number of para-hydroxylation sites is 2. The summed E-state index contributed by atoms with van der Waals surface area (Å²) in [5, 5.41) is 7.63. The number of anilines is 4. The van der Waals surface area contributed by atoms with Crippen LogP contribution in [0.25, 0.3) is 16.2 Å². The lowest BCUT2D eigenvalue weighted by atomic mass is 10.2. The Hall–Kier alpha value is -4.26. The van der Waals surface area contributed by atoms with Gasteiger partial charge in [0.1, 0.15) is 5.65 Å².